The summed E-state index contributed by atoms with van der Waals surface area (Å²) in [5.41, 5.74) is 4.01. The minimum absolute atomic E-state index is 0.101. The Hall–Kier alpha value is -1.81. The quantitative estimate of drug-likeness (QED) is 0.889. The van der Waals surface area contributed by atoms with E-state index in [1.165, 1.54) is 5.56 Å². The van der Waals surface area contributed by atoms with Crippen LogP contribution in [0.1, 0.15) is 30.5 Å². The van der Waals surface area contributed by atoms with E-state index in [1.54, 1.807) is 6.26 Å². The first-order valence-corrected chi connectivity index (χ1v) is 7.31. The molecular weight excluding hydrogens is 266 g/mol. The second-order valence-electron chi connectivity index (χ2n) is 5.94. The first kappa shape index (κ1) is 15.6. The number of aliphatic hydroxyl groups excluding tert-OH is 1. The average molecular weight is 289 g/mol. The van der Waals surface area contributed by atoms with Gasteiger partial charge in [0.15, 0.2) is 0 Å². The number of aliphatic hydroxyl groups is 1. The SMILES string of the molecule is Cc1ccc2c(CC(=O)NCC(O)C(C)C)coc2c1C. The highest BCUT2D eigenvalue weighted by molar-refractivity contribution is 5.89. The second-order valence-corrected chi connectivity index (χ2v) is 5.94. The molecule has 1 aromatic heterocycles. The van der Waals surface area contributed by atoms with Crippen LogP contribution in [0.3, 0.4) is 0 Å². The van der Waals surface area contributed by atoms with Crippen LogP contribution in [0.5, 0.6) is 0 Å². The van der Waals surface area contributed by atoms with Gasteiger partial charge in [-0.1, -0.05) is 26.0 Å². The zero-order valence-electron chi connectivity index (χ0n) is 13.1. The summed E-state index contributed by atoms with van der Waals surface area (Å²) in [6.07, 6.45) is 1.40. The molecule has 0 saturated heterocycles. The van der Waals surface area contributed by atoms with Crippen molar-refractivity contribution >= 4 is 16.9 Å². The third-order valence-electron chi connectivity index (χ3n) is 3.97. The van der Waals surface area contributed by atoms with E-state index in [0.717, 1.165) is 22.1 Å². The van der Waals surface area contributed by atoms with E-state index in [0.29, 0.717) is 0 Å². The highest BCUT2D eigenvalue weighted by Gasteiger charge is 2.14. The lowest BCUT2D eigenvalue weighted by Crippen LogP contribution is -2.35. The number of hydrogen-bond donors (Lipinski definition) is 2. The summed E-state index contributed by atoms with van der Waals surface area (Å²) in [5, 5.41) is 13.5. The molecule has 4 nitrogen and oxygen atoms in total. The van der Waals surface area contributed by atoms with Gasteiger partial charge in [0.05, 0.1) is 18.8 Å². The van der Waals surface area contributed by atoms with Crippen LogP contribution in [-0.4, -0.2) is 23.7 Å². The van der Waals surface area contributed by atoms with Crippen molar-refractivity contribution in [3.63, 3.8) is 0 Å². The van der Waals surface area contributed by atoms with Gasteiger partial charge in [0, 0.05) is 17.5 Å². The third-order valence-corrected chi connectivity index (χ3v) is 3.97. The molecular formula is C17H23NO3. The largest absolute Gasteiger partial charge is 0.464 e. The fourth-order valence-electron chi connectivity index (χ4n) is 2.21. The van der Waals surface area contributed by atoms with E-state index in [-0.39, 0.29) is 24.8 Å². The molecule has 2 rings (SSSR count). The lowest BCUT2D eigenvalue weighted by atomic mass is 10.0. The van der Waals surface area contributed by atoms with Crippen molar-refractivity contribution in [1.29, 1.82) is 0 Å². The van der Waals surface area contributed by atoms with Crippen LogP contribution in [-0.2, 0) is 11.2 Å². The van der Waals surface area contributed by atoms with Crippen LogP contribution in [0.15, 0.2) is 22.8 Å². The van der Waals surface area contributed by atoms with E-state index in [2.05, 4.69) is 5.32 Å². The summed E-state index contributed by atoms with van der Waals surface area (Å²) in [6, 6.07) is 4.03. The maximum atomic E-state index is 12.0. The van der Waals surface area contributed by atoms with Gasteiger partial charge in [-0.2, -0.15) is 0 Å². The summed E-state index contributed by atoms with van der Waals surface area (Å²) in [6.45, 7) is 8.18. The minimum atomic E-state index is -0.514. The molecule has 0 saturated carbocycles. The topological polar surface area (TPSA) is 62.5 Å². The predicted octanol–water partition coefficient (Wildman–Crippen LogP) is 2.73. The molecule has 0 aliphatic heterocycles. The molecule has 1 amide bonds. The summed E-state index contributed by atoms with van der Waals surface area (Å²) in [7, 11) is 0. The number of benzene rings is 1. The normalized spacial score (nSPS) is 12.9. The van der Waals surface area contributed by atoms with Crippen LogP contribution in [0.4, 0.5) is 0 Å². The average Bonchev–Trinajstić information content (AvgIpc) is 2.83. The van der Waals surface area contributed by atoms with Crippen molar-refractivity contribution in [2.24, 2.45) is 5.92 Å². The molecule has 21 heavy (non-hydrogen) atoms. The smallest absolute Gasteiger partial charge is 0.224 e. The minimum Gasteiger partial charge on any atom is -0.464 e. The molecule has 1 unspecified atom stereocenters. The Labute approximate surface area is 125 Å². The molecule has 1 heterocycles. The predicted molar refractivity (Wildman–Crippen MR) is 83.2 cm³/mol. The summed E-state index contributed by atoms with van der Waals surface area (Å²) < 4.78 is 5.60. The zero-order chi connectivity index (χ0) is 15.6. The first-order valence-electron chi connectivity index (χ1n) is 7.31. The van der Waals surface area contributed by atoms with Gasteiger partial charge >= 0.3 is 0 Å². The van der Waals surface area contributed by atoms with Gasteiger partial charge in [0.1, 0.15) is 5.58 Å². The Morgan fingerprint density at radius 1 is 1.33 bits per heavy atom. The Balaban J connectivity index is 2.07. The zero-order valence-corrected chi connectivity index (χ0v) is 13.1. The molecule has 0 bridgehead atoms. The van der Waals surface area contributed by atoms with E-state index in [4.69, 9.17) is 4.42 Å². The number of amides is 1. The number of carbonyl (C=O) groups excluding carboxylic acids is 1. The number of aryl methyl sites for hydroxylation is 2. The maximum Gasteiger partial charge on any atom is 0.224 e. The highest BCUT2D eigenvalue weighted by Crippen LogP contribution is 2.26. The molecule has 0 aliphatic rings. The molecule has 114 valence electrons. The van der Waals surface area contributed by atoms with Gasteiger partial charge < -0.3 is 14.8 Å². The van der Waals surface area contributed by atoms with Crippen LogP contribution >= 0.6 is 0 Å². The lowest BCUT2D eigenvalue weighted by Gasteiger charge is -2.14. The molecule has 2 N–H and O–H groups in total. The van der Waals surface area contributed by atoms with E-state index < -0.39 is 6.10 Å². The van der Waals surface area contributed by atoms with E-state index >= 15 is 0 Å². The molecule has 0 spiro atoms. The number of nitrogens with one attached hydrogen (secondary N) is 1. The van der Waals surface area contributed by atoms with Crippen molar-refractivity contribution in [3.05, 3.63) is 35.1 Å². The fourth-order valence-corrected chi connectivity index (χ4v) is 2.21. The molecule has 0 aliphatic carbocycles. The van der Waals surface area contributed by atoms with Gasteiger partial charge in [0.2, 0.25) is 5.91 Å². The number of furan rings is 1. The van der Waals surface area contributed by atoms with Gasteiger partial charge in [0.25, 0.3) is 0 Å². The van der Waals surface area contributed by atoms with Crippen LogP contribution in [0, 0.1) is 19.8 Å². The summed E-state index contributed by atoms with van der Waals surface area (Å²) in [4.78, 5) is 12.0. The molecule has 1 atom stereocenters. The summed E-state index contributed by atoms with van der Waals surface area (Å²) in [5.74, 6) is 0.0290. The van der Waals surface area contributed by atoms with Crippen molar-refractivity contribution in [1.82, 2.24) is 5.32 Å². The third kappa shape index (κ3) is 3.45. The molecule has 0 radical (unpaired) electrons. The van der Waals surface area contributed by atoms with E-state index in [9.17, 15) is 9.90 Å². The number of carbonyl (C=O) groups is 1. The maximum absolute atomic E-state index is 12.0. The Bertz CT molecular complexity index is 643. The molecule has 2 aromatic rings. The van der Waals surface area contributed by atoms with Crippen LogP contribution in [0.2, 0.25) is 0 Å². The fraction of sp³-hybridized carbons (Fsp3) is 0.471. The number of fused-ring (bicyclic) bond motifs is 1. The van der Waals surface area contributed by atoms with Gasteiger partial charge in [-0.25, -0.2) is 0 Å². The van der Waals surface area contributed by atoms with Gasteiger partial charge in [-0.05, 0) is 30.9 Å². The van der Waals surface area contributed by atoms with Crippen molar-refractivity contribution in [2.45, 2.75) is 40.2 Å². The molecule has 0 fully saturated rings. The van der Waals surface area contributed by atoms with Gasteiger partial charge in [-0.15, -0.1) is 0 Å². The summed E-state index contributed by atoms with van der Waals surface area (Å²) >= 11 is 0. The monoisotopic (exact) mass is 289 g/mol. The van der Waals surface area contributed by atoms with Crippen LogP contribution in [0.25, 0.3) is 11.0 Å². The highest BCUT2D eigenvalue weighted by atomic mass is 16.3. The van der Waals surface area contributed by atoms with Crippen molar-refractivity contribution in [2.75, 3.05) is 6.54 Å². The van der Waals surface area contributed by atoms with Crippen molar-refractivity contribution < 1.29 is 14.3 Å². The Morgan fingerprint density at radius 2 is 2.05 bits per heavy atom. The second kappa shape index (κ2) is 6.31. The van der Waals surface area contributed by atoms with E-state index in [1.807, 2.05) is 39.8 Å². The van der Waals surface area contributed by atoms with Gasteiger partial charge in [-0.3, -0.25) is 4.79 Å². The number of rotatable bonds is 5. The standard InChI is InChI=1S/C17H23NO3/c1-10(2)15(19)8-18-16(20)7-13-9-21-17-12(4)11(3)5-6-14(13)17/h5-6,9-10,15,19H,7-8H2,1-4H3,(H,18,20). The number of hydrogen-bond acceptors (Lipinski definition) is 3. The molecule has 1 aromatic carbocycles. The molecule has 4 heteroatoms. The lowest BCUT2D eigenvalue weighted by molar-refractivity contribution is -0.121. The Kier molecular flexibility index (Phi) is 4.68. The van der Waals surface area contributed by atoms with Crippen molar-refractivity contribution in [3.8, 4) is 0 Å². The first-order chi connectivity index (χ1) is 9.90. The van der Waals surface area contributed by atoms with Crippen LogP contribution < -0.4 is 5.32 Å². The Morgan fingerprint density at radius 3 is 2.71 bits per heavy atom.